The van der Waals surface area contributed by atoms with Crippen LogP contribution in [0.5, 0.6) is 0 Å². The molecule has 0 spiro atoms. The molecule has 96 valence electrons. The van der Waals surface area contributed by atoms with Crippen molar-refractivity contribution >= 4 is 11.7 Å². The molecular weight excluding hydrogens is 242 g/mol. The van der Waals surface area contributed by atoms with E-state index >= 15 is 0 Å². The zero-order chi connectivity index (χ0) is 13.2. The molecule has 2 atom stereocenters. The Hall–Kier alpha value is -2.36. The molecule has 3 rings (SSSR count). The van der Waals surface area contributed by atoms with Gasteiger partial charge in [-0.3, -0.25) is 4.79 Å². The lowest BCUT2D eigenvalue weighted by Crippen LogP contribution is -2.27. The fourth-order valence-electron chi connectivity index (χ4n) is 2.06. The highest BCUT2D eigenvalue weighted by atomic mass is 16.5. The second-order valence-electron chi connectivity index (χ2n) is 4.41. The Morgan fingerprint density at radius 3 is 2.63 bits per heavy atom. The van der Waals surface area contributed by atoms with Crippen molar-refractivity contribution in [1.82, 2.24) is 0 Å². The van der Waals surface area contributed by atoms with Crippen molar-refractivity contribution in [3.8, 4) is 0 Å². The third-order valence-corrected chi connectivity index (χ3v) is 3.05. The molecule has 2 heterocycles. The molecule has 1 aromatic heterocycles. The van der Waals surface area contributed by atoms with Gasteiger partial charge in [0.25, 0.3) is 0 Å². The molecule has 0 bridgehead atoms. The van der Waals surface area contributed by atoms with Crippen LogP contribution in [0.25, 0.3) is 0 Å². The van der Waals surface area contributed by atoms with E-state index in [1.165, 1.54) is 6.26 Å². The third-order valence-electron chi connectivity index (χ3n) is 3.05. The number of hydrogen-bond acceptors (Lipinski definition) is 4. The topological polar surface area (TPSA) is 51.8 Å². The van der Waals surface area contributed by atoms with Crippen molar-refractivity contribution in [2.24, 2.45) is 4.99 Å². The molecule has 0 N–H and O–H groups in total. The molecule has 1 aliphatic heterocycles. The normalized spacial score (nSPS) is 21.8. The Morgan fingerprint density at radius 1 is 1.16 bits per heavy atom. The number of hydrogen-bond donors (Lipinski definition) is 0. The Kier molecular flexibility index (Phi) is 2.91. The summed E-state index contributed by atoms with van der Waals surface area (Å²) in [5.41, 5.74) is 0.879. The molecular formula is C15H13NO3. The monoisotopic (exact) mass is 255 g/mol. The summed E-state index contributed by atoms with van der Waals surface area (Å²) in [4.78, 5) is 16.6. The van der Waals surface area contributed by atoms with Crippen LogP contribution in [0.3, 0.4) is 0 Å². The number of nitrogens with zero attached hydrogens (tertiary/aromatic N) is 1. The van der Waals surface area contributed by atoms with Crippen LogP contribution in [0.1, 0.15) is 23.0 Å². The van der Waals surface area contributed by atoms with E-state index < -0.39 is 6.04 Å². The zero-order valence-electron chi connectivity index (χ0n) is 10.4. The maximum absolute atomic E-state index is 12.2. The van der Waals surface area contributed by atoms with Gasteiger partial charge < -0.3 is 9.15 Å². The summed E-state index contributed by atoms with van der Waals surface area (Å²) in [6.45, 7) is 1.84. The minimum Gasteiger partial charge on any atom is -0.472 e. The molecule has 2 aromatic rings. The summed E-state index contributed by atoms with van der Waals surface area (Å²) < 4.78 is 10.8. The van der Waals surface area contributed by atoms with E-state index in [4.69, 9.17) is 9.15 Å². The van der Waals surface area contributed by atoms with E-state index in [0.717, 1.165) is 5.56 Å². The van der Waals surface area contributed by atoms with Gasteiger partial charge >= 0.3 is 0 Å². The van der Waals surface area contributed by atoms with Crippen LogP contribution in [-0.4, -0.2) is 23.8 Å². The molecule has 0 aliphatic carbocycles. The maximum Gasteiger partial charge on any atom is 0.226 e. The zero-order valence-corrected chi connectivity index (χ0v) is 10.4. The lowest BCUT2D eigenvalue weighted by Gasteiger charge is -2.10. The van der Waals surface area contributed by atoms with Gasteiger partial charge in [-0.05, 0) is 31.2 Å². The molecule has 1 aromatic carbocycles. The van der Waals surface area contributed by atoms with Crippen LogP contribution in [0.15, 0.2) is 58.1 Å². The van der Waals surface area contributed by atoms with Gasteiger partial charge in [-0.2, -0.15) is 0 Å². The molecule has 0 radical (unpaired) electrons. The Bertz CT molecular complexity index is 602. The molecule has 4 nitrogen and oxygen atoms in total. The minimum atomic E-state index is -0.540. The van der Waals surface area contributed by atoms with Crippen LogP contribution in [0, 0.1) is 0 Å². The molecule has 19 heavy (non-hydrogen) atoms. The van der Waals surface area contributed by atoms with Crippen LogP contribution < -0.4 is 0 Å². The minimum absolute atomic E-state index is 0.150. The number of aliphatic imine (C=N–C) groups is 1. The average molecular weight is 255 g/mol. The summed E-state index contributed by atoms with van der Waals surface area (Å²) in [6.07, 6.45) is 1.20. The van der Waals surface area contributed by atoms with Gasteiger partial charge in [-0.1, -0.05) is 18.2 Å². The van der Waals surface area contributed by atoms with E-state index in [1.54, 1.807) is 12.1 Å². The van der Waals surface area contributed by atoms with Crippen molar-refractivity contribution in [2.75, 3.05) is 0 Å². The van der Waals surface area contributed by atoms with E-state index in [9.17, 15) is 4.79 Å². The molecule has 0 fully saturated rings. The molecule has 2 unspecified atom stereocenters. The number of Topliss-reactive ketones (excluding diaryl/α,β-unsaturated/α-hetero) is 1. The van der Waals surface area contributed by atoms with Gasteiger partial charge in [0.15, 0.2) is 11.8 Å². The SMILES string of the molecule is CC1OC(c2ccccc2)=NC1C(=O)c1ccco1. The summed E-state index contributed by atoms with van der Waals surface area (Å²) in [5, 5.41) is 0. The van der Waals surface area contributed by atoms with E-state index in [1.807, 2.05) is 37.3 Å². The number of carbonyl (C=O) groups excluding carboxylic acids is 1. The van der Waals surface area contributed by atoms with Crippen molar-refractivity contribution in [3.05, 3.63) is 60.1 Å². The molecule has 0 amide bonds. The van der Waals surface area contributed by atoms with E-state index in [0.29, 0.717) is 11.7 Å². The van der Waals surface area contributed by atoms with Crippen LogP contribution in [-0.2, 0) is 4.74 Å². The van der Waals surface area contributed by atoms with E-state index in [-0.39, 0.29) is 11.9 Å². The first-order chi connectivity index (χ1) is 9.25. The number of ketones is 1. The molecule has 4 heteroatoms. The number of ether oxygens (including phenoxy) is 1. The quantitative estimate of drug-likeness (QED) is 0.792. The summed E-state index contributed by atoms with van der Waals surface area (Å²) in [6, 6.07) is 12.4. The summed E-state index contributed by atoms with van der Waals surface area (Å²) in [5.74, 6) is 0.681. The highest BCUT2D eigenvalue weighted by Gasteiger charge is 2.35. The standard InChI is InChI=1S/C15H13NO3/c1-10-13(14(17)12-8-5-9-18-12)16-15(19-10)11-6-3-2-4-7-11/h2-10,13H,1H3. The maximum atomic E-state index is 12.2. The van der Waals surface area contributed by atoms with Gasteiger partial charge in [0.2, 0.25) is 11.7 Å². The predicted octanol–water partition coefficient (Wildman–Crippen LogP) is 2.70. The Balaban J connectivity index is 1.88. The van der Waals surface area contributed by atoms with Gasteiger partial charge in [0.1, 0.15) is 6.10 Å². The van der Waals surface area contributed by atoms with Crippen molar-refractivity contribution in [1.29, 1.82) is 0 Å². The second-order valence-corrected chi connectivity index (χ2v) is 4.41. The number of carbonyl (C=O) groups is 1. The van der Waals surface area contributed by atoms with Crippen molar-refractivity contribution in [2.45, 2.75) is 19.1 Å². The van der Waals surface area contributed by atoms with Crippen molar-refractivity contribution in [3.63, 3.8) is 0 Å². The molecule has 0 saturated carbocycles. The highest BCUT2D eigenvalue weighted by molar-refractivity contribution is 6.03. The highest BCUT2D eigenvalue weighted by Crippen LogP contribution is 2.21. The fourth-order valence-corrected chi connectivity index (χ4v) is 2.06. The van der Waals surface area contributed by atoms with Crippen LogP contribution >= 0.6 is 0 Å². The first-order valence-electron chi connectivity index (χ1n) is 6.13. The molecule has 1 aliphatic rings. The Morgan fingerprint density at radius 2 is 1.95 bits per heavy atom. The number of rotatable bonds is 3. The predicted molar refractivity (Wildman–Crippen MR) is 70.4 cm³/mol. The van der Waals surface area contributed by atoms with E-state index in [2.05, 4.69) is 4.99 Å². The largest absolute Gasteiger partial charge is 0.472 e. The van der Waals surface area contributed by atoms with Crippen molar-refractivity contribution < 1.29 is 13.9 Å². The lowest BCUT2D eigenvalue weighted by atomic mass is 10.1. The smallest absolute Gasteiger partial charge is 0.226 e. The van der Waals surface area contributed by atoms with Crippen LogP contribution in [0.2, 0.25) is 0 Å². The van der Waals surface area contributed by atoms with Gasteiger partial charge in [0, 0.05) is 5.56 Å². The van der Waals surface area contributed by atoms with Gasteiger partial charge in [0.05, 0.1) is 6.26 Å². The van der Waals surface area contributed by atoms with Gasteiger partial charge in [-0.15, -0.1) is 0 Å². The number of benzene rings is 1. The summed E-state index contributed by atoms with van der Waals surface area (Å²) >= 11 is 0. The first kappa shape index (κ1) is 11.7. The average Bonchev–Trinajstić information content (AvgIpc) is 3.08. The van der Waals surface area contributed by atoms with Crippen LogP contribution in [0.4, 0.5) is 0 Å². The molecule has 0 saturated heterocycles. The second kappa shape index (κ2) is 4.72. The van der Waals surface area contributed by atoms with Gasteiger partial charge in [-0.25, -0.2) is 4.99 Å². The lowest BCUT2D eigenvalue weighted by molar-refractivity contribution is 0.0877. The first-order valence-corrected chi connectivity index (χ1v) is 6.13. The number of furan rings is 1. The Labute approximate surface area is 110 Å². The summed E-state index contributed by atoms with van der Waals surface area (Å²) in [7, 11) is 0. The fraction of sp³-hybridized carbons (Fsp3) is 0.200. The third kappa shape index (κ3) is 2.17.